The van der Waals surface area contributed by atoms with Crippen molar-refractivity contribution in [3.8, 4) is 0 Å². The van der Waals surface area contributed by atoms with Gasteiger partial charge < -0.3 is 20.3 Å². The number of carbonyl (C=O) groups excluding carboxylic acids is 2. The Labute approximate surface area is 354 Å². The Morgan fingerprint density at radius 1 is 0.509 bits per heavy atom. The Bertz CT molecular complexity index is 904. The molecule has 0 bridgehead atoms. The van der Waals surface area contributed by atoms with E-state index >= 15 is 0 Å². The average Bonchev–Trinajstić information content (AvgIpc) is 3.20. The highest BCUT2D eigenvalue weighted by atomic mass is 16.5. The summed E-state index contributed by atoms with van der Waals surface area (Å²) in [4.78, 5) is 26.0. The minimum Gasteiger partial charge on any atom is -0.462 e. The number of allylic oxidation sites excluding steroid dienone is 4. The number of rotatable bonds is 45. The van der Waals surface area contributed by atoms with Crippen molar-refractivity contribution in [3.63, 3.8) is 0 Å². The van der Waals surface area contributed by atoms with E-state index in [1.807, 2.05) is 0 Å². The number of carbonyl (C=O) groups is 2. The van der Waals surface area contributed by atoms with Crippen molar-refractivity contribution >= 4 is 11.9 Å². The highest BCUT2D eigenvalue weighted by molar-refractivity contribution is 5.77. The van der Waals surface area contributed by atoms with Gasteiger partial charge in [-0.3, -0.25) is 9.59 Å². The highest BCUT2D eigenvalue weighted by Crippen LogP contribution is 2.18. The van der Waals surface area contributed by atoms with Crippen LogP contribution in [0.1, 0.15) is 265 Å². The molecule has 0 fully saturated rings. The maximum Gasteiger partial charge on any atom is 0.306 e. The minimum atomic E-state index is -0.783. The summed E-state index contributed by atoms with van der Waals surface area (Å²) in [5.41, 5.74) is 0. The Morgan fingerprint density at radius 3 is 1.37 bits per heavy atom. The van der Waals surface area contributed by atoms with Crippen LogP contribution >= 0.6 is 0 Å². The van der Waals surface area contributed by atoms with Gasteiger partial charge in [-0.15, -0.1) is 0 Å². The number of hydrogen-bond donors (Lipinski definition) is 3. The largest absolute Gasteiger partial charge is 0.462 e. The fraction of sp³-hybridized carbons (Fsp3) is 0.882. The van der Waals surface area contributed by atoms with Crippen molar-refractivity contribution in [2.24, 2.45) is 0 Å². The van der Waals surface area contributed by atoms with Crippen molar-refractivity contribution in [1.29, 1.82) is 0 Å². The van der Waals surface area contributed by atoms with Crippen molar-refractivity contribution < 1.29 is 24.5 Å². The van der Waals surface area contributed by atoms with Gasteiger partial charge in [0.15, 0.2) is 0 Å². The molecule has 0 saturated heterocycles. The maximum atomic E-state index is 13.1. The van der Waals surface area contributed by atoms with Crippen LogP contribution in [0, 0.1) is 0 Å². The Balaban J connectivity index is 4.49. The third kappa shape index (κ3) is 40.9. The van der Waals surface area contributed by atoms with E-state index in [4.69, 9.17) is 4.74 Å². The molecule has 1 amide bonds. The lowest BCUT2D eigenvalue weighted by molar-refractivity contribution is -0.151. The van der Waals surface area contributed by atoms with Gasteiger partial charge in [-0.1, -0.05) is 218 Å². The molecule has 0 heterocycles. The van der Waals surface area contributed by atoms with Gasteiger partial charge in [0.25, 0.3) is 0 Å². The molecular formula is C51H97NO5. The molecule has 0 radical (unpaired) electrons. The summed E-state index contributed by atoms with van der Waals surface area (Å²) >= 11 is 0. The molecule has 6 heteroatoms. The van der Waals surface area contributed by atoms with Gasteiger partial charge in [-0.25, -0.2) is 0 Å². The first-order valence-electron chi connectivity index (χ1n) is 25.1. The topological polar surface area (TPSA) is 95.9 Å². The summed E-state index contributed by atoms with van der Waals surface area (Å²) in [5.74, 6) is -0.472. The first-order valence-corrected chi connectivity index (χ1v) is 25.1. The van der Waals surface area contributed by atoms with E-state index in [2.05, 4.69) is 50.4 Å². The SMILES string of the molecule is CCCCC/C=C\C/C=C\CCCCCCCCCC(=O)OC(CCCCCCCCCCCC)CC(=O)NC(CO)C(O)CCCCCCCCCCCCC. The van der Waals surface area contributed by atoms with E-state index in [0.717, 1.165) is 57.8 Å². The monoisotopic (exact) mass is 804 g/mol. The lowest BCUT2D eigenvalue weighted by Crippen LogP contribution is -2.46. The number of ether oxygens (including phenoxy) is 1. The van der Waals surface area contributed by atoms with Crippen molar-refractivity contribution in [2.75, 3.05) is 6.61 Å². The van der Waals surface area contributed by atoms with Gasteiger partial charge >= 0.3 is 5.97 Å². The van der Waals surface area contributed by atoms with Crippen LogP contribution in [-0.4, -0.2) is 46.9 Å². The summed E-state index contributed by atoms with van der Waals surface area (Å²) in [6.07, 6.45) is 50.9. The van der Waals surface area contributed by atoms with Crippen LogP contribution in [0.4, 0.5) is 0 Å². The van der Waals surface area contributed by atoms with Gasteiger partial charge in [0, 0.05) is 6.42 Å². The fourth-order valence-electron chi connectivity index (χ4n) is 7.70. The average molecular weight is 804 g/mol. The molecular weight excluding hydrogens is 707 g/mol. The third-order valence-corrected chi connectivity index (χ3v) is 11.5. The number of aliphatic hydroxyl groups excluding tert-OH is 2. The van der Waals surface area contributed by atoms with E-state index in [1.54, 1.807) is 0 Å². The van der Waals surface area contributed by atoms with Gasteiger partial charge in [0.05, 0.1) is 25.2 Å². The zero-order chi connectivity index (χ0) is 41.7. The van der Waals surface area contributed by atoms with Crippen LogP contribution in [0.2, 0.25) is 0 Å². The van der Waals surface area contributed by atoms with Crippen molar-refractivity contribution in [3.05, 3.63) is 24.3 Å². The van der Waals surface area contributed by atoms with Crippen LogP contribution in [0.5, 0.6) is 0 Å². The molecule has 0 aliphatic carbocycles. The van der Waals surface area contributed by atoms with Gasteiger partial charge in [0.1, 0.15) is 6.10 Å². The predicted molar refractivity (Wildman–Crippen MR) is 246 cm³/mol. The van der Waals surface area contributed by atoms with E-state index < -0.39 is 18.2 Å². The number of unbranched alkanes of at least 4 members (excludes halogenated alkanes) is 29. The van der Waals surface area contributed by atoms with E-state index in [1.165, 1.54) is 161 Å². The van der Waals surface area contributed by atoms with Crippen molar-refractivity contribution in [1.82, 2.24) is 5.32 Å². The summed E-state index contributed by atoms with van der Waals surface area (Å²) in [6.45, 7) is 6.45. The fourth-order valence-corrected chi connectivity index (χ4v) is 7.70. The summed E-state index contributed by atoms with van der Waals surface area (Å²) < 4.78 is 5.92. The molecule has 3 N–H and O–H groups in total. The second-order valence-corrected chi connectivity index (χ2v) is 17.2. The van der Waals surface area contributed by atoms with Gasteiger partial charge in [-0.05, 0) is 57.8 Å². The molecule has 0 aromatic carbocycles. The Kier molecular flexibility index (Phi) is 44.1. The normalized spacial score (nSPS) is 13.4. The minimum absolute atomic E-state index is 0.0791. The highest BCUT2D eigenvalue weighted by Gasteiger charge is 2.24. The van der Waals surface area contributed by atoms with E-state index in [-0.39, 0.29) is 24.9 Å². The molecule has 57 heavy (non-hydrogen) atoms. The molecule has 0 rings (SSSR count). The lowest BCUT2D eigenvalue weighted by Gasteiger charge is -2.24. The molecule has 6 nitrogen and oxygen atoms in total. The Morgan fingerprint density at radius 2 is 0.895 bits per heavy atom. The lowest BCUT2D eigenvalue weighted by atomic mass is 10.0. The van der Waals surface area contributed by atoms with Crippen LogP contribution in [0.3, 0.4) is 0 Å². The number of amides is 1. The molecule has 0 aliphatic rings. The number of nitrogens with one attached hydrogen (secondary N) is 1. The molecule has 3 unspecified atom stereocenters. The van der Waals surface area contributed by atoms with Crippen molar-refractivity contribution in [2.45, 2.75) is 283 Å². The zero-order valence-electron chi connectivity index (χ0n) is 38.2. The smallest absolute Gasteiger partial charge is 0.306 e. The van der Waals surface area contributed by atoms with Gasteiger partial charge in [-0.2, -0.15) is 0 Å². The predicted octanol–water partition coefficient (Wildman–Crippen LogP) is 14.7. The molecule has 0 spiro atoms. The second-order valence-electron chi connectivity index (χ2n) is 17.2. The molecule has 3 atom stereocenters. The number of hydrogen-bond acceptors (Lipinski definition) is 5. The molecule has 336 valence electrons. The van der Waals surface area contributed by atoms with E-state index in [0.29, 0.717) is 19.3 Å². The summed E-state index contributed by atoms with van der Waals surface area (Å²) in [5, 5.41) is 23.7. The molecule has 0 aliphatic heterocycles. The first-order chi connectivity index (χ1) is 28.0. The molecule has 0 aromatic rings. The maximum absolute atomic E-state index is 13.1. The van der Waals surface area contributed by atoms with E-state index in [9.17, 15) is 19.8 Å². The van der Waals surface area contributed by atoms with Crippen LogP contribution in [-0.2, 0) is 14.3 Å². The third-order valence-electron chi connectivity index (χ3n) is 11.5. The number of esters is 1. The Hall–Kier alpha value is -1.66. The first kappa shape index (κ1) is 55.3. The molecule has 0 aromatic heterocycles. The summed E-state index contributed by atoms with van der Waals surface area (Å²) in [6, 6.07) is -0.696. The van der Waals surface area contributed by atoms with Crippen LogP contribution in [0.15, 0.2) is 24.3 Å². The molecule has 0 saturated carbocycles. The zero-order valence-corrected chi connectivity index (χ0v) is 38.2. The quantitative estimate of drug-likeness (QED) is 0.0324. The number of aliphatic hydroxyl groups is 2. The van der Waals surface area contributed by atoms with Crippen LogP contribution < -0.4 is 5.32 Å². The summed E-state index contributed by atoms with van der Waals surface area (Å²) in [7, 11) is 0. The van der Waals surface area contributed by atoms with Crippen LogP contribution in [0.25, 0.3) is 0 Å². The standard InChI is InChI=1S/C51H97NO5/c1-4-7-10-13-16-19-22-23-24-25-26-27-29-32-35-38-41-44-51(56)57-47(42-39-36-33-30-21-18-15-12-9-6-3)45-50(55)52-48(46-53)49(54)43-40-37-34-31-28-20-17-14-11-8-5-2/h16,19,23-24,47-49,53-54H,4-15,17-18,20-22,25-46H2,1-3H3,(H,52,55)/b19-16-,24-23-. The van der Waals surface area contributed by atoms with Gasteiger partial charge in [0.2, 0.25) is 5.91 Å². The second kappa shape index (κ2) is 45.4.